The largest absolute Gasteiger partial charge is 0.376 e. The smallest absolute Gasteiger partial charge is 0.327 e. The average Bonchev–Trinajstić information content (AvgIpc) is 3.04. The number of nitrogens with zero attached hydrogens (tertiary/aromatic N) is 3. The van der Waals surface area contributed by atoms with Crippen LogP contribution < -0.4 is 0 Å². The van der Waals surface area contributed by atoms with Crippen molar-refractivity contribution in [3.05, 3.63) is 35.5 Å². The lowest BCUT2D eigenvalue weighted by atomic mass is 9.97. The van der Waals surface area contributed by atoms with Gasteiger partial charge in [0.05, 0.1) is 12.1 Å². The van der Waals surface area contributed by atoms with E-state index < -0.39 is 6.04 Å². The van der Waals surface area contributed by atoms with Crippen LogP contribution >= 0.6 is 0 Å². The molecule has 0 spiro atoms. The molecule has 2 aliphatic heterocycles. The molecule has 0 unspecified atom stereocenters. The molecular weight excluding hydrogens is 306 g/mol. The number of fused-ring (bicyclic) bond motifs is 4. The Morgan fingerprint density at radius 2 is 2.04 bits per heavy atom. The predicted molar refractivity (Wildman–Crippen MR) is 89.2 cm³/mol. The lowest BCUT2D eigenvalue weighted by Gasteiger charge is -2.28. The SMILES string of the molecule is CCCCN1C(=O)[C@@H]2Cc3c(n(CO)c4ccccc34)CN2C1=O. The van der Waals surface area contributed by atoms with Gasteiger partial charge < -0.3 is 14.6 Å². The van der Waals surface area contributed by atoms with Crippen molar-refractivity contribution in [2.24, 2.45) is 0 Å². The summed E-state index contributed by atoms with van der Waals surface area (Å²) < 4.78 is 1.84. The van der Waals surface area contributed by atoms with Crippen LogP contribution in [0.4, 0.5) is 4.79 Å². The summed E-state index contributed by atoms with van der Waals surface area (Å²) in [6.07, 6.45) is 2.30. The molecule has 2 aromatic rings. The van der Waals surface area contributed by atoms with Crippen LogP contribution in [0.25, 0.3) is 10.9 Å². The summed E-state index contributed by atoms with van der Waals surface area (Å²) >= 11 is 0. The third-order valence-corrected chi connectivity index (χ3v) is 5.19. The third-order valence-electron chi connectivity index (χ3n) is 5.19. The zero-order chi connectivity index (χ0) is 16.8. The lowest BCUT2D eigenvalue weighted by Crippen LogP contribution is -2.40. The van der Waals surface area contributed by atoms with E-state index in [1.165, 1.54) is 4.90 Å². The first-order valence-corrected chi connectivity index (χ1v) is 8.49. The van der Waals surface area contributed by atoms with Gasteiger partial charge in [0.25, 0.3) is 5.91 Å². The van der Waals surface area contributed by atoms with Gasteiger partial charge in [-0.15, -0.1) is 0 Å². The second-order valence-electron chi connectivity index (χ2n) is 6.49. The molecule has 1 N–H and O–H groups in total. The molecule has 0 radical (unpaired) electrons. The second-order valence-corrected chi connectivity index (χ2v) is 6.49. The van der Waals surface area contributed by atoms with Crippen LogP contribution in [0.2, 0.25) is 0 Å². The number of rotatable bonds is 4. The summed E-state index contributed by atoms with van der Waals surface area (Å²) in [5.41, 5.74) is 2.97. The summed E-state index contributed by atoms with van der Waals surface area (Å²) in [6, 6.07) is 7.28. The summed E-state index contributed by atoms with van der Waals surface area (Å²) in [6.45, 7) is 2.79. The zero-order valence-corrected chi connectivity index (χ0v) is 13.7. The van der Waals surface area contributed by atoms with Gasteiger partial charge in [0.1, 0.15) is 12.8 Å². The maximum absolute atomic E-state index is 12.7. The quantitative estimate of drug-likeness (QED) is 0.875. The van der Waals surface area contributed by atoms with Gasteiger partial charge in [-0.05, 0) is 18.1 Å². The highest BCUT2D eigenvalue weighted by atomic mass is 16.3. The maximum atomic E-state index is 12.7. The molecule has 6 nitrogen and oxygen atoms in total. The Kier molecular flexibility index (Phi) is 3.57. The zero-order valence-electron chi connectivity index (χ0n) is 13.7. The van der Waals surface area contributed by atoms with Gasteiger partial charge in [-0.25, -0.2) is 4.79 Å². The molecule has 2 aliphatic rings. The van der Waals surface area contributed by atoms with Gasteiger partial charge in [-0.2, -0.15) is 0 Å². The Balaban J connectivity index is 1.75. The molecule has 1 saturated heterocycles. The van der Waals surface area contributed by atoms with Crippen molar-refractivity contribution >= 4 is 22.8 Å². The van der Waals surface area contributed by atoms with Gasteiger partial charge in [0.2, 0.25) is 0 Å². The van der Waals surface area contributed by atoms with Gasteiger partial charge in [-0.3, -0.25) is 9.69 Å². The number of benzene rings is 1. The predicted octanol–water partition coefficient (Wildman–Crippen LogP) is 2.08. The molecule has 24 heavy (non-hydrogen) atoms. The normalized spacial score (nSPS) is 20.0. The fourth-order valence-electron chi connectivity index (χ4n) is 3.95. The van der Waals surface area contributed by atoms with Crippen LogP contribution in [0.5, 0.6) is 0 Å². The number of aliphatic hydroxyl groups is 1. The first-order chi connectivity index (χ1) is 11.7. The van der Waals surface area contributed by atoms with Crippen LogP contribution in [-0.4, -0.2) is 44.0 Å². The maximum Gasteiger partial charge on any atom is 0.327 e. The number of aliphatic hydroxyl groups excluding tert-OH is 1. The molecule has 1 aromatic heterocycles. The third kappa shape index (κ3) is 1.99. The fraction of sp³-hybridized carbons (Fsp3) is 0.444. The van der Waals surface area contributed by atoms with E-state index in [0.717, 1.165) is 35.0 Å². The minimum Gasteiger partial charge on any atom is -0.376 e. The molecule has 0 saturated carbocycles. The number of amides is 3. The Morgan fingerprint density at radius 1 is 1.25 bits per heavy atom. The molecule has 3 heterocycles. The highest BCUT2D eigenvalue weighted by Gasteiger charge is 2.47. The van der Waals surface area contributed by atoms with E-state index in [0.29, 0.717) is 19.5 Å². The van der Waals surface area contributed by atoms with Crippen molar-refractivity contribution < 1.29 is 14.7 Å². The van der Waals surface area contributed by atoms with Crippen molar-refractivity contribution in [3.8, 4) is 0 Å². The topological polar surface area (TPSA) is 65.8 Å². The minimum atomic E-state index is -0.403. The second kappa shape index (κ2) is 5.63. The van der Waals surface area contributed by atoms with E-state index in [1.807, 2.05) is 35.8 Å². The molecular formula is C18H21N3O3. The van der Waals surface area contributed by atoms with E-state index in [2.05, 4.69) is 0 Å². The number of aromatic nitrogens is 1. The van der Waals surface area contributed by atoms with Crippen molar-refractivity contribution in [3.63, 3.8) is 0 Å². The summed E-state index contributed by atoms with van der Waals surface area (Å²) in [7, 11) is 0. The summed E-state index contributed by atoms with van der Waals surface area (Å²) in [5.74, 6) is -0.0834. The Labute approximate surface area is 140 Å². The molecule has 1 atom stereocenters. The number of hydrogen-bond acceptors (Lipinski definition) is 3. The molecule has 0 bridgehead atoms. The van der Waals surface area contributed by atoms with Crippen molar-refractivity contribution in [2.75, 3.05) is 6.54 Å². The number of carbonyl (C=O) groups excluding carboxylic acids is 2. The van der Waals surface area contributed by atoms with Gasteiger partial charge in [0, 0.05) is 24.0 Å². The number of para-hydroxylation sites is 1. The molecule has 6 heteroatoms. The monoisotopic (exact) mass is 327 g/mol. The Morgan fingerprint density at radius 3 is 2.79 bits per heavy atom. The van der Waals surface area contributed by atoms with Gasteiger partial charge in [-0.1, -0.05) is 31.5 Å². The van der Waals surface area contributed by atoms with E-state index in [-0.39, 0.29) is 18.7 Å². The van der Waals surface area contributed by atoms with Gasteiger partial charge >= 0.3 is 6.03 Å². The van der Waals surface area contributed by atoms with Crippen LogP contribution in [0.15, 0.2) is 24.3 Å². The van der Waals surface area contributed by atoms with Gasteiger partial charge in [0.15, 0.2) is 0 Å². The van der Waals surface area contributed by atoms with Crippen LogP contribution in [-0.2, 0) is 24.5 Å². The Hall–Kier alpha value is -2.34. The first-order valence-electron chi connectivity index (χ1n) is 8.49. The standard InChI is InChI=1S/C18H21N3O3/c1-2-3-8-19-17(23)15-9-13-12-6-4-5-7-14(12)21(11-22)16(13)10-20(15)18(19)24/h4-7,15,22H,2-3,8-11H2,1H3/t15-/m0/s1. The van der Waals surface area contributed by atoms with E-state index >= 15 is 0 Å². The number of carbonyl (C=O) groups is 2. The first kappa shape index (κ1) is 15.2. The molecule has 1 aromatic carbocycles. The van der Waals surface area contributed by atoms with Crippen LogP contribution in [0, 0.1) is 0 Å². The van der Waals surface area contributed by atoms with Crippen molar-refractivity contribution in [2.45, 2.75) is 45.5 Å². The van der Waals surface area contributed by atoms with E-state index in [4.69, 9.17) is 0 Å². The summed E-state index contributed by atoms with van der Waals surface area (Å²) in [5, 5.41) is 10.9. The lowest BCUT2D eigenvalue weighted by molar-refractivity contribution is -0.128. The van der Waals surface area contributed by atoms with Crippen LogP contribution in [0.1, 0.15) is 31.0 Å². The molecule has 0 aliphatic carbocycles. The number of imide groups is 1. The molecule has 126 valence electrons. The molecule has 1 fully saturated rings. The molecule has 3 amide bonds. The average molecular weight is 327 g/mol. The minimum absolute atomic E-state index is 0.0834. The molecule has 4 rings (SSSR count). The fourth-order valence-corrected chi connectivity index (χ4v) is 3.95. The highest BCUT2D eigenvalue weighted by Crippen LogP contribution is 2.36. The number of hydrogen-bond donors (Lipinski definition) is 1. The Bertz CT molecular complexity index is 826. The number of urea groups is 1. The summed E-state index contributed by atoms with van der Waals surface area (Å²) in [4.78, 5) is 28.4. The van der Waals surface area contributed by atoms with E-state index in [1.54, 1.807) is 4.90 Å². The number of unbranched alkanes of at least 4 members (excludes halogenated alkanes) is 1. The van der Waals surface area contributed by atoms with Crippen molar-refractivity contribution in [1.82, 2.24) is 14.4 Å². The van der Waals surface area contributed by atoms with E-state index in [9.17, 15) is 14.7 Å². The van der Waals surface area contributed by atoms with Crippen LogP contribution in [0.3, 0.4) is 0 Å². The highest BCUT2D eigenvalue weighted by molar-refractivity contribution is 6.05. The van der Waals surface area contributed by atoms with Crippen molar-refractivity contribution in [1.29, 1.82) is 0 Å².